The normalized spacial score (nSPS) is 17.9. The summed E-state index contributed by atoms with van der Waals surface area (Å²) < 4.78 is 0. The van der Waals surface area contributed by atoms with Crippen molar-refractivity contribution in [3.8, 4) is 0 Å². The number of nitrogens with one attached hydrogen (secondary N) is 1. The molecule has 0 bridgehead atoms. The van der Waals surface area contributed by atoms with E-state index in [-0.39, 0.29) is 17.5 Å². The first-order chi connectivity index (χ1) is 9.77. The third-order valence-electron chi connectivity index (χ3n) is 4.03. The Labute approximate surface area is 127 Å². The molecule has 0 spiro atoms. The summed E-state index contributed by atoms with van der Waals surface area (Å²) in [7, 11) is 0. The minimum atomic E-state index is -0.942. The average Bonchev–Trinajstić information content (AvgIpc) is 2.41. The van der Waals surface area contributed by atoms with Gasteiger partial charge in [0.25, 0.3) is 0 Å². The first-order valence-corrected chi connectivity index (χ1v) is 7.69. The molecule has 0 heterocycles. The van der Waals surface area contributed by atoms with Crippen LogP contribution in [0.4, 0.5) is 4.79 Å². The predicted octanol–water partition coefficient (Wildman–Crippen LogP) is 3.02. The van der Waals surface area contributed by atoms with Gasteiger partial charge >= 0.3 is 12.0 Å². The molecule has 120 valence electrons. The standard InChI is InChI=1S/C16H28N2O3/c1-5-11-18(16(2,3)4)15(21)17-13(14(19)20)12-9-7-6-8-10-12/h5,12-13H,1,6-11H2,2-4H3,(H,17,21)(H,19,20). The zero-order valence-electron chi connectivity index (χ0n) is 13.4. The SMILES string of the molecule is C=CCN(C(=O)NC(C(=O)O)C1CCCCC1)C(C)(C)C. The number of amides is 2. The van der Waals surface area contributed by atoms with Crippen molar-refractivity contribution in [1.29, 1.82) is 0 Å². The van der Waals surface area contributed by atoms with Crippen LogP contribution in [0.2, 0.25) is 0 Å². The highest BCUT2D eigenvalue weighted by molar-refractivity contribution is 5.83. The summed E-state index contributed by atoms with van der Waals surface area (Å²) in [6.45, 7) is 9.83. The van der Waals surface area contributed by atoms with Crippen molar-refractivity contribution < 1.29 is 14.7 Å². The summed E-state index contributed by atoms with van der Waals surface area (Å²) in [5.41, 5.74) is -0.381. The lowest BCUT2D eigenvalue weighted by Crippen LogP contribution is -2.56. The second-order valence-corrected chi connectivity index (χ2v) is 6.73. The molecular weight excluding hydrogens is 268 g/mol. The second kappa shape index (κ2) is 7.48. The molecule has 1 fully saturated rings. The fourth-order valence-corrected chi connectivity index (χ4v) is 2.85. The smallest absolute Gasteiger partial charge is 0.326 e. The molecule has 1 rings (SSSR count). The lowest BCUT2D eigenvalue weighted by atomic mass is 9.84. The fraction of sp³-hybridized carbons (Fsp3) is 0.750. The molecule has 1 atom stereocenters. The summed E-state index contributed by atoms with van der Waals surface area (Å²) in [5.74, 6) is -0.909. The molecule has 21 heavy (non-hydrogen) atoms. The Hall–Kier alpha value is -1.52. The average molecular weight is 296 g/mol. The molecule has 0 radical (unpaired) electrons. The van der Waals surface area contributed by atoms with Crippen molar-refractivity contribution in [3.63, 3.8) is 0 Å². The first-order valence-electron chi connectivity index (χ1n) is 7.69. The van der Waals surface area contributed by atoms with Gasteiger partial charge in [0.2, 0.25) is 0 Å². The van der Waals surface area contributed by atoms with E-state index in [9.17, 15) is 14.7 Å². The maximum absolute atomic E-state index is 12.4. The lowest BCUT2D eigenvalue weighted by molar-refractivity contribution is -0.141. The Kier molecular flexibility index (Phi) is 6.24. The van der Waals surface area contributed by atoms with Crippen molar-refractivity contribution in [2.75, 3.05) is 6.54 Å². The van der Waals surface area contributed by atoms with Crippen LogP contribution in [-0.4, -0.2) is 40.1 Å². The highest BCUT2D eigenvalue weighted by atomic mass is 16.4. The molecule has 1 aliphatic carbocycles. The Morgan fingerprint density at radius 2 is 1.90 bits per heavy atom. The monoisotopic (exact) mass is 296 g/mol. The van der Waals surface area contributed by atoms with Gasteiger partial charge in [-0.2, -0.15) is 0 Å². The van der Waals surface area contributed by atoms with E-state index in [1.807, 2.05) is 20.8 Å². The van der Waals surface area contributed by atoms with Crippen LogP contribution < -0.4 is 5.32 Å². The molecule has 1 aliphatic rings. The van der Waals surface area contributed by atoms with Crippen molar-refractivity contribution in [3.05, 3.63) is 12.7 Å². The molecule has 0 aromatic rings. The molecule has 0 saturated heterocycles. The van der Waals surface area contributed by atoms with Crippen LogP contribution in [0.3, 0.4) is 0 Å². The maximum Gasteiger partial charge on any atom is 0.326 e. The summed E-state index contributed by atoms with van der Waals surface area (Å²) >= 11 is 0. The lowest BCUT2D eigenvalue weighted by Gasteiger charge is -2.37. The van der Waals surface area contributed by atoms with Gasteiger partial charge in [0.15, 0.2) is 0 Å². The van der Waals surface area contributed by atoms with Gasteiger partial charge in [-0.15, -0.1) is 6.58 Å². The minimum Gasteiger partial charge on any atom is -0.480 e. The molecule has 2 amide bonds. The highest BCUT2D eigenvalue weighted by Gasteiger charge is 2.34. The van der Waals surface area contributed by atoms with Crippen LogP contribution in [0.25, 0.3) is 0 Å². The van der Waals surface area contributed by atoms with Crippen molar-refractivity contribution in [2.24, 2.45) is 5.92 Å². The van der Waals surface area contributed by atoms with E-state index in [4.69, 9.17) is 0 Å². The summed E-state index contributed by atoms with van der Waals surface area (Å²) in [6.07, 6.45) is 6.63. The van der Waals surface area contributed by atoms with E-state index < -0.39 is 12.0 Å². The van der Waals surface area contributed by atoms with E-state index in [1.54, 1.807) is 11.0 Å². The summed E-state index contributed by atoms with van der Waals surface area (Å²) in [6, 6.07) is -1.13. The molecule has 0 aromatic heterocycles. The van der Waals surface area contributed by atoms with Crippen LogP contribution in [0, 0.1) is 5.92 Å². The van der Waals surface area contributed by atoms with Gasteiger partial charge in [0.05, 0.1) is 0 Å². The molecule has 2 N–H and O–H groups in total. The summed E-state index contributed by atoms with van der Waals surface area (Å²) in [4.78, 5) is 25.6. The van der Waals surface area contributed by atoms with E-state index in [0.29, 0.717) is 6.54 Å². The number of carboxylic acids is 1. The summed E-state index contributed by atoms with van der Waals surface area (Å²) in [5, 5.41) is 12.2. The maximum atomic E-state index is 12.4. The van der Waals surface area contributed by atoms with Crippen LogP contribution in [0.1, 0.15) is 52.9 Å². The number of nitrogens with zero attached hydrogens (tertiary/aromatic N) is 1. The number of urea groups is 1. The van der Waals surface area contributed by atoms with Gasteiger partial charge in [-0.3, -0.25) is 0 Å². The molecule has 1 saturated carbocycles. The van der Waals surface area contributed by atoms with Gasteiger partial charge in [0, 0.05) is 12.1 Å². The number of aliphatic carboxylic acids is 1. The van der Waals surface area contributed by atoms with Gasteiger partial charge in [0.1, 0.15) is 6.04 Å². The number of carboxylic acid groups (broad SMARTS) is 1. The fourth-order valence-electron chi connectivity index (χ4n) is 2.85. The van der Waals surface area contributed by atoms with Crippen molar-refractivity contribution >= 4 is 12.0 Å². The van der Waals surface area contributed by atoms with Crippen LogP contribution in [0.15, 0.2) is 12.7 Å². The largest absolute Gasteiger partial charge is 0.480 e. The zero-order chi connectivity index (χ0) is 16.0. The van der Waals surface area contributed by atoms with E-state index in [1.165, 1.54) is 0 Å². The number of carbonyl (C=O) groups excluding carboxylic acids is 1. The molecular formula is C16H28N2O3. The molecule has 5 heteroatoms. The predicted molar refractivity (Wildman–Crippen MR) is 83.2 cm³/mol. The number of rotatable bonds is 5. The zero-order valence-corrected chi connectivity index (χ0v) is 13.4. The van der Waals surface area contributed by atoms with Crippen LogP contribution in [0.5, 0.6) is 0 Å². The van der Waals surface area contributed by atoms with E-state index >= 15 is 0 Å². The minimum absolute atomic E-state index is 0.0331. The molecule has 5 nitrogen and oxygen atoms in total. The van der Waals surface area contributed by atoms with Crippen molar-refractivity contribution in [2.45, 2.75) is 64.5 Å². The van der Waals surface area contributed by atoms with Crippen molar-refractivity contribution in [1.82, 2.24) is 10.2 Å². The number of hydrogen-bond donors (Lipinski definition) is 2. The van der Waals surface area contributed by atoms with E-state index in [2.05, 4.69) is 11.9 Å². The quantitative estimate of drug-likeness (QED) is 0.766. The van der Waals surface area contributed by atoms with Crippen LogP contribution >= 0.6 is 0 Å². The van der Waals surface area contributed by atoms with Gasteiger partial charge in [-0.1, -0.05) is 25.3 Å². The molecule has 0 aromatic carbocycles. The van der Waals surface area contributed by atoms with Crippen LogP contribution in [-0.2, 0) is 4.79 Å². The number of hydrogen-bond acceptors (Lipinski definition) is 2. The second-order valence-electron chi connectivity index (χ2n) is 6.73. The topological polar surface area (TPSA) is 69.6 Å². The third kappa shape index (κ3) is 5.06. The molecule has 1 unspecified atom stereocenters. The Morgan fingerprint density at radius 1 is 1.33 bits per heavy atom. The first kappa shape index (κ1) is 17.5. The Balaban J connectivity index is 2.79. The Bertz CT molecular complexity index is 381. The van der Waals surface area contributed by atoms with Gasteiger partial charge in [-0.25, -0.2) is 9.59 Å². The third-order valence-corrected chi connectivity index (χ3v) is 4.03. The van der Waals surface area contributed by atoms with Gasteiger partial charge in [-0.05, 0) is 39.5 Å². The van der Waals surface area contributed by atoms with E-state index in [0.717, 1.165) is 32.1 Å². The highest BCUT2D eigenvalue weighted by Crippen LogP contribution is 2.27. The molecule has 0 aliphatic heterocycles. The Morgan fingerprint density at radius 3 is 2.33 bits per heavy atom. The number of carbonyl (C=O) groups is 2. The van der Waals surface area contributed by atoms with Gasteiger partial charge < -0.3 is 15.3 Å².